The van der Waals surface area contributed by atoms with E-state index < -0.39 is 5.60 Å². The highest BCUT2D eigenvalue weighted by Crippen LogP contribution is 2.37. The smallest absolute Gasteiger partial charge is 0.0903 e. The molecule has 2 heteroatoms. The third kappa shape index (κ3) is 3.32. The molecule has 0 saturated carbocycles. The fraction of sp³-hybridized carbons (Fsp3) is 0.867. The average molecular weight is 238 g/mol. The van der Waals surface area contributed by atoms with Gasteiger partial charge in [0.05, 0.1) is 18.3 Å². The van der Waals surface area contributed by atoms with Crippen molar-refractivity contribution in [2.75, 3.05) is 6.61 Å². The topological polar surface area (TPSA) is 29.5 Å². The molecule has 1 saturated heterocycles. The average Bonchev–Trinajstić information content (AvgIpc) is 2.58. The van der Waals surface area contributed by atoms with E-state index in [-0.39, 0.29) is 6.10 Å². The number of hydrogen-bond donors (Lipinski definition) is 1. The summed E-state index contributed by atoms with van der Waals surface area (Å²) in [6.45, 7) is 2.90. The van der Waals surface area contributed by atoms with Gasteiger partial charge in [0, 0.05) is 12.8 Å². The quantitative estimate of drug-likeness (QED) is 0.761. The van der Waals surface area contributed by atoms with Crippen LogP contribution in [0.4, 0.5) is 0 Å². The molecule has 0 radical (unpaired) electrons. The van der Waals surface area contributed by atoms with E-state index in [0.717, 1.165) is 45.1 Å². The molecule has 0 bridgehead atoms. The maximum absolute atomic E-state index is 10.9. The summed E-state index contributed by atoms with van der Waals surface area (Å²) in [5.74, 6) is 0. The summed E-state index contributed by atoms with van der Waals surface area (Å²) in [6.07, 6.45) is 12.5. The molecule has 2 atom stereocenters. The minimum atomic E-state index is -0.553. The van der Waals surface area contributed by atoms with Crippen LogP contribution < -0.4 is 0 Å². The van der Waals surface area contributed by atoms with Gasteiger partial charge in [-0.1, -0.05) is 25.8 Å². The predicted octanol–water partition coefficient (Wildman–Crippen LogP) is 3.59. The fourth-order valence-electron chi connectivity index (χ4n) is 3.17. The molecule has 0 amide bonds. The van der Waals surface area contributed by atoms with E-state index >= 15 is 0 Å². The van der Waals surface area contributed by atoms with Crippen LogP contribution in [0, 0.1) is 0 Å². The maximum Gasteiger partial charge on any atom is 0.0903 e. The van der Waals surface area contributed by atoms with E-state index in [1.165, 1.54) is 24.8 Å². The highest BCUT2D eigenvalue weighted by Gasteiger charge is 2.37. The largest absolute Gasteiger partial charge is 0.385 e. The molecule has 1 aliphatic carbocycles. The predicted molar refractivity (Wildman–Crippen MR) is 70.0 cm³/mol. The standard InChI is InChI=1S/C15H26O2/c1-2-7-14-12-15(16,10-11-17-14)13-8-5-3-4-6-9-13/h8,14,16H,2-7,9-12H2,1H3. The highest BCUT2D eigenvalue weighted by molar-refractivity contribution is 5.19. The zero-order chi connectivity index (χ0) is 12.1. The second-order valence-corrected chi connectivity index (χ2v) is 5.60. The highest BCUT2D eigenvalue weighted by atomic mass is 16.5. The lowest BCUT2D eigenvalue weighted by Crippen LogP contribution is -2.42. The molecule has 0 aromatic rings. The Labute approximate surface area is 105 Å². The zero-order valence-corrected chi connectivity index (χ0v) is 11.1. The summed E-state index contributed by atoms with van der Waals surface area (Å²) in [5, 5.41) is 10.9. The normalized spacial score (nSPS) is 35.2. The van der Waals surface area contributed by atoms with Crippen molar-refractivity contribution in [2.45, 2.75) is 76.4 Å². The first-order valence-corrected chi connectivity index (χ1v) is 7.28. The molecule has 0 aromatic carbocycles. The Balaban J connectivity index is 2.03. The van der Waals surface area contributed by atoms with E-state index in [1.807, 2.05) is 0 Å². The van der Waals surface area contributed by atoms with Gasteiger partial charge in [0.25, 0.3) is 0 Å². The first kappa shape index (κ1) is 13.1. The van der Waals surface area contributed by atoms with Crippen molar-refractivity contribution >= 4 is 0 Å². The molecular formula is C15H26O2. The van der Waals surface area contributed by atoms with Gasteiger partial charge >= 0.3 is 0 Å². The lowest BCUT2D eigenvalue weighted by atomic mass is 9.80. The van der Waals surface area contributed by atoms with Crippen LogP contribution in [0.15, 0.2) is 11.6 Å². The zero-order valence-electron chi connectivity index (χ0n) is 11.1. The van der Waals surface area contributed by atoms with E-state index in [1.54, 1.807) is 0 Å². The van der Waals surface area contributed by atoms with Crippen LogP contribution in [0.2, 0.25) is 0 Å². The summed E-state index contributed by atoms with van der Waals surface area (Å²) >= 11 is 0. The summed E-state index contributed by atoms with van der Waals surface area (Å²) in [6, 6.07) is 0. The molecule has 1 N–H and O–H groups in total. The Morgan fingerprint density at radius 1 is 1.41 bits per heavy atom. The molecule has 2 aliphatic rings. The molecule has 17 heavy (non-hydrogen) atoms. The monoisotopic (exact) mass is 238 g/mol. The van der Waals surface area contributed by atoms with Crippen molar-refractivity contribution in [2.24, 2.45) is 0 Å². The summed E-state index contributed by atoms with van der Waals surface area (Å²) in [5.41, 5.74) is 0.752. The minimum Gasteiger partial charge on any atom is -0.385 e. The van der Waals surface area contributed by atoms with Gasteiger partial charge in [0.15, 0.2) is 0 Å². The van der Waals surface area contributed by atoms with Crippen molar-refractivity contribution in [1.82, 2.24) is 0 Å². The second kappa shape index (κ2) is 6.01. The maximum atomic E-state index is 10.9. The van der Waals surface area contributed by atoms with Crippen molar-refractivity contribution in [3.05, 3.63) is 11.6 Å². The van der Waals surface area contributed by atoms with Crippen LogP contribution in [0.25, 0.3) is 0 Å². The van der Waals surface area contributed by atoms with Crippen molar-refractivity contribution in [1.29, 1.82) is 0 Å². The lowest BCUT2D eigenvalue weighted by Gasteiger charge is -2.39. The van der Waals surface area contributed by atoms with Gasteiger partial charge in [-0.05, 0) is 37.7 Å². The number of aliphatic hydroxyl groups is 1. The molecule has 2 unspecified atom stereocenters. The molecule has 98 valence electrons. The van der Waals surface area contributed by atoms with Gasteiger partial charge in [0.2, 0.25) is 0 Å². The number of rotatable bonds is 3. The van der Waals surface area contributed by atoms with Gasteiger partial charge < -0.3 is 9.84 Å². The molecule has 1 aliphatic heterocycles. The van der Waals surface area contributed by atoms with E-state index in [0.29, 0.717) is 0 Å². The van der Waals surface area contributed by atoms with Crippen LogP contribution in [-0.4, -0.2) is 23.4 Å². The van der Waals surface area contributed by atoms with Gasteiger partial charge in [-0.25, -0.2) is 0 Å². The van der Waals surface area contributed by atoms with Gasteiger partial charge in [-0.15, -0.1) is 0 Å². The van der Waals surface area contributed by atoms with E-state index in [9.17, 15) is 5.11 Å². The number of ether oxygens (including phenoxy) is 1. The SMILES string of the molecule is CCCC1CC(O)(C2=CCCCCC2)CCO1. The van der Waals surface area contributed by atoms with Crippen molar-refractivity contribution in [3.8, 4) is 0 Å². The Morgan fingerprint density at radius 3 is 3.12 bits per heavy atom. The van der Waals surface area contributed by atoms with Crippen molar-refractivity contribution < 1.29 is 9.84 Å². The number of allylic oxidation sites excluding steroid dienone is 1. The molecule has 2 rings (SSSR count). The van der Waals surface area contributed by atoms with Crippen LogP contribution in [0.1, 0.15) is 64.7 Å². The molecule has 0 aromatic heterocycles. The van der Waals surface area contributed by atoms with Crippen LogP contribution in [0.5, 0.6) is 0 Å². The van der Waals surface area contributed by atoms with Gasteiger partial charge in [-0.2, -0.15) is 0 Å². The molecule has 1 heterocycles. The Kier molecular flexibility index (Phi) is 4.63. The van der Waals surface area contributed by atoms with Crippen LogP contribution in [-0.2, 0) is 4.74 Å². The van der Waals surface area contributed by atoms with Crippen LogP contribution in [0.3, 0.4) is 0 Å². The summed E-state index contributed by atoms with van der Waals surface area (Å²) in [4.78, 5) is 0. The number of hydrogen-bond acceptors (Lipinski definition) is 2. The second-order valence-electron chi connectivity index (χ2n) is 5.60. The first-order valence-electron chi connectivity index (χ1n) is 7.28. The Morgan fingerprint density at radius 2 is 2.29 bits per heavy atom. The van der Waals surface area contributed by atoms with E-state index in [2.05, 4.69) is 13.0 Å². The molecular weight excluding hydrogens is 212 g/mol. The first-order chi connectivity index (χ1) is 8.24. The van der Waals surface area contributed by atoms with Crippen LogP contribution >= 0.6 is 0 Å². The summed E-state index contributed by atoms with van der Waals surface area (Å²) in [7, 11) is 0. The van der Waals surface area contributed by atoms with E-state index in [4.69, 9.17) is 4.74 Å². The lowest BCUT2D eigenvalue weighted by molar-refractivity contribution is -0.0879. The molecule has 0 spiro atoms. The third-order valence-electron chi connectivity index (χ3n) is 4.18. The fourth-order valence-corrected chi connectivity index (χ4v) is 3.17. The summed E-state index contributed by atoms with van der Waals surface area (Å²) < 4.78 is 5.75. The Hall–Kier alpha value is -0.340. The van der Waals surface area contributed by atoms with Gasteiger partial charge in [-0.3, -0.25) is 0 Å². The van der Waals surface area contributed by atoms with Gasteiger partial charge in [0.1, 0.15) is 0 Å². The van der Waals surface area contributed by atoms with Crippen molar-refractivity contribution in [3.63, 3.8) is 0 Å². The third-order valence-corrected chi connectivity index (χ3v) is 4.18. The molecule has 1 fully saturated rings. The molecule has 2 nitrogen and oxygen atoms in total. The minimum absolute atomic E-state index is 0.267. The Bertz CT molecular complexity index is 270.